The molecule has 9 heteroatoms. The zero-order valence-corrected chi connectivity index (χ0v) is 17.6. The number of halogens is 4. The summed E-state index contributed by atoms with van der Waals surface area (Å²) in [5.74, 6) is -1.95. The molecule has 0 radical (unpaired) electrons. The van der Waals surface area contributed by atoms with Gasteiger partial charge in [-0.1, -0.05) is 64.6 Å². The SMILES string of the molecule is CCO[P@](=O)(c1ccccc1)[C@H](NC(=O)c1ccc(Cl)cc1)C(Cl)(Cl)Cl. The number of rotatable bonds is 6. The Morgan fingerprint density at radius 3 is 2.19 bits per heavy atom. The topological polar surface area (TPSA) is 55.4 Å². The van der Waals surface area contributed by atoms with E-state index in [4.69, 9.17) is 50.9 Å². The average Bonchev–Trinajstić information content (AvgIpc) is 2.60. The molecule has 0 heterocycles. The van der Waals surface area contributed by atoms with Crippen molar-refractivity contribution in [2.45, 2.75) is 16.5 Å². The van der Waals surface area contributed by atoms with Crippen LogP contribution in [0, 0.1) is 0 Å². The van der Waals surface area contributed by atoms with Crippen molar-refractivity contribution >= 4 is 65.0 Å². The lowest BCUT2D eigenvalue weighted by Gasteiger charge is -2.32. The lowest BCUT2D eigenvalue weighted by atomic mass is 10.2. The third kappa shape index (κ3) is 5.16. The molecule has 2 atom stereocenters. The van der Waals surface area contributed by atoms with Crippen molar-refractivity contribution in [3.8, 4) is 0 Å². The Labute approximate surface area is 172 Å². The van der Waals surface area contributed by atoms with Crippen LogP contribution in [0.4, 0.5) is 0 Å². The maximum Gasteiger partial charge on any atom is 0.258 e. The third-order valence-electron chi connectivity index (χ3n) is 3.46. The molecule has 1 N–H and O–H groups in total. The minimum Gasteiger partial charge on any atom is -0.336 e. The van der Waals surface area contributed by atoms with Crippen LogP contribution in [0.25, 0.3) is 0 Å². The number of hydrogen-bond donors (Lipinski definition) is 1. The summed E-state index contributed by atoms with van der Waals surface area (Å²) in [6.45, 7) is 1.78. The highest BCUT2D eigenvalue weighted by Crippen LogP contribution is 2.57. The normalized spacial score (nSPS) is 15.1. The fourth-order valence-corrected chi connectivity index (χ4v) is 5.98. The quantitative estimate of drug-likeness (QED) is 0.469. The van der Waals surface area contributed by atoms with Crippen molar-refractivity contribution in [2.24, 2.45) is 0 Å². The Bertz CT molecular complexity index is 794. The number of alkyl halides is 3. The minimum atomic E-state index is -3.74. The van der Waals surface area contributed by atoms with Gasteiger partial charge in [-0.3, -0.25) is 9.36 Å². The second kappa shape index (κ2) is 8.97. The summed E-state index contributed by atoms with van der Waals surface area (Å²) in [7, 11) is -3.74. The molecule has 0 aromatic heterocycles. The van der Waals surface area contributed by atoms with Gasteiger partial charge in [0, 0.05) is 15.9 Å². The molecule has 0 aliphatic heterocycles. The minimum absolute atomic E-state index is 0.111. The molecule has 0 saturated carbocycles. The Kier molecular flexibility index (Phi) is 7.43. The fraction of sp³-hybridized carbons (Fsp3) is 0.235. The zero-order chi connectivity index (χ0) is 19.4. The van der Waals surface area contributed by atoms with Gasteiger partial charge in [-0.15, -0.1) is 0 Å². The van der Waals surface area contributed by atoms with Gasteiger partial charge in [0.2, 0.25) is 3.79 Å². The first-order valence-corrected chi connectivity index (χ1v) is 10.8. The van der Waals surface area contributed by atoms with Crippen LogP contribution in [-0.4, -0.2) is 22.1 Å². The maximum atomic E-state index is 13.7. The Hall–Kier alpha value is -0.740. The highest BCUT2D eigenvalue weighted by molar-refractivity contribution is 7.68. The summed E-state index contributed by atoms with van der Waals surface area (Å²) in [6.07, 6.45) is 0. The second-order valence-corrected chi connectivity index (χ2v) is 10.6. The molecule has 0 spiro atoms. The number of nitrogens with one attached hydrogen (secondary N) is 1. The standard InChI is InChI=1S/C17H16Cl4NO3P/c1-2-25-26(24,14-6-4-3-5-7-14)16(17(19,20)21)22-15(23)12-8-10-13(18)11-9-12/h3-11,16H,2H2,1H3,(H,22,23)/t16-,26+/m0/s1. The van der Waals surface area contributed by atoms with E-state index >= 15 is 0 Å². The first kappa shape index (κ1) is 21.6. The van der Waals surface area contributed by atoms with Crippen LogP contribution in [0.3, 0.4) is 0 Å². The van der Waals surface area contributed by atoms with Gasteiger partial charge in [-0.25, -0.2) is 0 Å². The van der Waals surface area contributed by atoms with Crippen LogP contribution in [0.5, 0.6) is 0 Å². The second-order valence-electron chi connectivity index (χ2n) is 5.27. The van der Waals surface area contributed by atoms with Crippen LogP contribution in [0.2, 0.25) is 5.02 Å². The molecule has 1 amide bonds. The molecular weight excluding hydrogens is 439 g/mol. The van der Waals surface area contributed by atoms with Crippen LogP contribution in [-0.2, 0) is 9.09 Å². The van der Waals surface area contributed by atoms with Crippen LogP contribution in [0.1, 0.15) is 17.3 Å². The number of carbonyl (C=O) groups is 1. The molecule has 26 heavy (non-hydrogen) atoms. The summed E-state index contributed by atoms with van der Waals surface area (Å²) >= 11 is 24.0. The molecule has 0 saturated heterocycles. The number of amides is 1. The van der Waals surface area contributed by atoms with E-state index in [9.17, 15) is 9.36 Å². The average molecular weight is 455 g/mol. The molecule has 0 bridgehead atoms. The number of benzene rings is 2. The summed E-state index contributed by atoms with van der Waals surface area (Å²) in [6, 6.07) is 14.5. The monoisotopic (exact) mass is 453 g/mol. The Morgan fingerprint density at radius 1 is 1.12 bits per heavy atom. The van der Waals surface area contributed by atoms with Gasteiger partial charge in [0.25, 0.3) is 13.3 Å². The molecular formula is C17H16Cl4NO3P. The predicted octanol–water partition coefficient (Wildman–Crippen LogP) is 5.41. The van der Waals surface area contributed by atoms with Crippen LogP contribution in [0.15, 0.2) is 54.6 Å². The largest absolute Gasteiger partial charge is 0.336 e. The summed E-state index contributed by atoms with van der Waals surface area (Å²) < 4.78 is 17.1. The first-order chi connectivity index (χ1) is 12.2. The third-order valence-corrected chi connectivity index (χ3v) is 7.68. The van der Waals surface area contributed by atoms with Crippen molar-refractivity contribution in [1.29, 1.82) is 0 Å². The predicted molar refractivity (Wildman–Crippen MR) is 108 cm³/mol. The molecule has 0 unspecified atom stereocenters. The van der Waals surface area contributed by atoms with Crippen molar-refractivity contribution in [3.63, 3.8) is 0 Å². The smallest absolute Gasteiger partial charge is 0.258 e. The van der Waals surface area contributed by atoms with E-state index in [0.717, 1.165) is 0 Å². The van der Waals surface area contributed by atoms with Gasteiger partial charge in [-0.2, -0.15) is 0 Å². The zero-order valence-electron chi connectivity index (χ0n) is 13.7. The molecule has 140 valence electrons. The van der Waals surface area contributed by atoms with E-state index < -0.39 is 22.9 Å². The highest BCUT2D eigenvalue weighted by Gasteiger charge is 2.49. The maximum absolute atomic E-state index is 13.7. The van der Waals surface area contributed by atoms with E-state index in [0.29, 0.717) is 10.3 Å². The first-order valence-electron chi connectivity index (χ1n) is 7.61. The lowest BCUT2D eigenvalue weighted by Crippen LogP contribution is -2.46. The fourth-order valence-electron chi connectivity index (χ4n) is 2.29. The molecule has 4 nitrogen and oxygen atoms in total. The van der Waals surface area contributed by atoms with Gasteiger partial charge in [-0.05, 0) is 43.3 Å². The number of carbonyl (C=O) groups excluding carboxylic acids is 1. The summed E-state index contributed by atoms with van der Waals surface area (Å²) in [4.78, 5) is 12.6. The molecule has 2 aromatic carbocycles. The molecule has 2 rings (SSSR count). The van der Waals surface area contributed by atoms with E-state index in [-0.39, 0.29) is 12.2 Å². The Balaban J connectivity index is 2.43. The van der Waals surface area contributed by atoms with Gasteiger partial charge in [0.15, 0.2) is 5.78 Å². The van der Waals surface area contributed by atoms with Gasteiger partial charge in [0.05, 0.1) is 6.61 Å². The lowest BCUT2D eigenvalue weighted by molar-refractivity contribution is 0.0945. The van der Waals surface area contributed by atoms with Crippen LogP contribution < -0.4 is 10.6 Å². The molecule has 0 aliphatic rings. The number of hydrogen-bond acceptors (Lipinski definition) is 3. The van der Waals surface area contributed by atoms with Crippen molar-refractivity contribution < 1.29 is 13.9 Å². The van der Waals surface area contributed by atoms with Crippen LogP contribution >= 0.6 is 53.8 Å². The highest BCUT2D eigenvalue weighted by atomic mass is 35.6. The van der Waals surface area contributed by atoms with Gasteiger partial charge in [0.1, 0.15) is 0 Å². The van der Waals surface area contributed by atoms with Crippen molar-refractivity contribution in [1.82, 2.24) is 5.32 Å². The van der Waals surface area contributed by atoms with Gasteiger partial charge < -0.3 is 9.84 Å². The van der Waals surface area contributed by atoms with E-state index in [2.05, 4.69) is 5.32 Å². The van der Waals surface area contributed by atoms with Crippen molar-refractivity contribution in [3.05, 3.63) is 65.2 Å². The van der Waals surface area contributed by atoms with E-state index in [1.165, 1.54) is 12.1 Å². The Morgan fingerprint density at radius 2 is 1.69 bits per heavy atom. The molecule has 0 aliphatic carbocycles. The van der Waals surface area contributed by atoms with E-state index in [1.807, 2.05) is 0 Å². The van der Waals surface area contributed by atoms with Gasteiger partial charge >= 0.3 is 0 Å². The molecule has 0 fully saturated rings. The molecule has 2 aromatic rings. The summed E-state index contributed by atoms with van der Waals surface area (Å²) in [5, 5.41) is 3.37. The van der Waals surface area contributed by atoms with E-state index in [1.54, 1.807) is 49.4 Å². The van der Waals surface area contributed by atoms with Crippen molar-refractivity contribution in [2.75, 3.05) is 6.61 Å². The summed E-state index contributed by atoms with van der Waals surface area (Å²) in [5.41, 5.74) is 0.282.